The average Bonchev–Trinajstić information content (AvgIpc) is 3.74. The van der Waals surface area contributed by atoms with Crippen molar-refractivity contribution in [3.8, 4) is 33.6 Å². The van der Waals surface area contributed by atoms with Crippen molar-refractivity contribution in [1.82, 2.24) is 9.13 Å². The summed E-state index contributed by atoms with van der Waals surface area (Å²) >= 11 is 0. The van der Waals surface area contributed by atoms with Crippen LogP contribution in [0.5, 0.6) is 0 Å². The van der Waals surface area contributed by atoms with E-state index in [0.717, 1.165) is 11.4 Å². The first-order chi connectivity index (χ1) is 25.8. The Balaban J connectivity index is 0.930. The molecular weight excluding hydrogens is 629 g/mol. The van der Waals surface area contributed by atoms with Crippen molar-refractivity contribution in [3.63, 3.8) is 0 Å². The van der Waals surface area contributed by atoms with E-state index < -0.39 is 0 Å². The van der Waals surface area contributed by atoms with E-state index in [1.165, 1.54) is 77.0 Å². The van der Waals surface area contributed by atoms with Gasteiger partial charge in [0.25, 0.3) is 0 Å². The number of benzene rings is 8. The SMILES string of the molecule is C(=C\c1cccc(-c2cccc(-n3c4ccccc4c4ccccc43)c2)c1)/c1cccc(-c2ccc(-n3c4ccccc4c4ccccc43)cc2)c1. The van der Waals surface area contributed by atoms with Crippen LogP contribution in [0.3, 0.4) is 0 Å². The van der Waals surface area contributed by atoms with Gasteiger partial charge in [0.2, 0.25) is 0 Å². The summed E-state index contributed by atoms with van der Waals surface area (Å²) in [5.41, 5.74) is 14.3. The van der Waals surface area contributed by atoms with Crippen molar-refractivity contribution in [2.45, 2.75) is 0 Å². The smallest absolute Gasteiger partial charge is 0.0541 e. The summed E-state index contributed by atoms with van der Waals surface area (Å²) in [6, 6.07) is 70.0. The zero-order valence-electron chi connectivity index (χ0n) is 28.5. The lowest BCUT2D eigenvalue weighted by molar-refractivity contribution is 1.18. The molecule has 2 heterocycles. The molecule has 0 fully saturated rings. The fourth-order valence-corrected chi connectivity index (χ4v) is 7.87. The Labute approximate surface area is 302 Å². The Morgan fingerprint density at radius 1 is 0.269 bits per heavy atom. The van der Waals surface area contributed by atoms with Crippen LogP contribution in [-0.4, -0.2) is 9.13 Å². The van der Waals surface area contributed by atoms with Crippen LogP contribution >= 0.6 is 0 Å². The van der Waals surface area contributed by atoms with Gasteiger partial charge in [-0.25, -0.2) is 0 Å². The summed E-state index contributed by atoms with van der Waals surface area (Å²) in [4.78, 5) is 0. The van der Waals surface area contributed by atoms with Crippen molar-refractivity contribution in [3.05, 3.63) is 205 Å². The molecule has 52 heavy (non-hydrogen) atoms. The van der Waals surface area contributed by atoms with Gasteiger partial charge in [0.1, 0.15) is 0 Å². The molecule has 0 unspecified atom stereocenters. The number of nitrogens with zero attached hydrogens (tertiary/aromatic N) is 2. The second-order valence-electron chi connectivity index (χ2n) is 13.4. The minimum absolute atomic E-state index is 1.16. The van der Waals surface area contributed by atoms with E-state index in [0.29, 0.717) is 0 Å². The predicted molar refractivity (Wildman–Crippen MR) is 221 cm³/mol. The van der Waals surface area contributed by atoms with E-state index >= 15 is 0 Å². The first-order valence-corrected chi connectivity index (χ1v) is 17.8. The second-order valence-corrected chi connectivity index (χ2v) is 13.4. The van der Waals surface area contributed by atoms with Gasteiger partial charge >= 0.3 is 0 Å². The van der Waals surface area contributed by atoms with Gasteiger partial charge in [-0.2, -0.15) is 0 Å². The molecule has 10 aromatic rings. The summed E-state index contributed by atoms with van der Waals surface area (Å²) < 4.78 is 4.74. The Hall–Kier alpha value is -6.90. The highest BCUT2D eigenvalue weighted by Gasteiger charge is 2.13. The van der Waals surface area contributed by atoms with Crippen LogP contribution in [0, 0.1) is 0 Å². The number of fused-ring (bicyclic) bond motifs is 6. The molecule has 8 aromatic carbocycles. The van der Waals surface area contributed by atoms with Crippen LogP contribution in [0.25, 0.3) is 89.4 Å². The monoisotopic (exact) mass is 662 g/mol. The first kappa shape index (κ1) is 30.0. The molecule has 0 saturated carbocycles. The van der Waals surface area contributed by atoms with Crippen molar-refractivity contribution < 1.29 is 0 Å². The van der Waals surface area contributed by atoms with Crippen LogP contribution in [0.15, 0.2) is 194 Å². The van der Waals surface area contributed by atoms with Gasteiger partial charge < -0.3 is 9.13 Å². The normalized spacial score (nSPS) is 11.8. The minimum Gasteiger partial charge on any atom is -0.309 e. The Kier molecular flexibility index (Phi) is 7.18. The highest BCUT2D eigenvalue weighted by molar-refractivity contribution is 6.10. The fraction of sp³-hybridized carbons (Fsp3) is 0. The van der Waals surface area contributed by atoms with E-state index in [1.54, 1.807) is 0 Å². The lowest BCUT2D eigenvalue weighted by Gasteiger charge is -2.11. The van der Waals surface area contributed by atoms with Gasteiger partial charge in [0, 0.05) is 32.9 Å². The molecule has 0 aliphatic rings. The Morgan fingerprint density at radius 3 is 1.13 bits per heavy atom. The quantitative estimate of drug-likeness (QED) is 0.157. The van der Waals surface area contributed by atoms with Crippen LogP contribution in [0.1, 0.15) is 11.1 Å². The minimum atomic E-state index is 1.16. The average molecular weight is 663 g/mol. The maximum Gasteiger partial charge on any atom is 0.0541 e. The van der Waals surface area contributed by atoms with Crippen LogP contribution in [-0.2, 0) is 0 Å². The Morgan fingerprint density at radius 2 is 0.654 bits per heavy atom. The maximum absolute atomic E-state index is 2.38. The molecule has 0 spiro atoms. The topological polar surface area (TPSA) is 9.86 Å². The van der Waals surface area contributed by atoms with Gasteiger partial charge in [-0.3, -0.25) is 0 Å². The first-order valence-electron chi connectivity index (χ1n) is 17.8. The molecule has 244 valence electrons. The van der Waals surface area contributed by atoms with E-state index in [-0.39, 0.29) is 0 Å². The molecule has 10 rings (SSSR count). The zero-order valence-corrected chi connectivity index (χ0v) is 28.5. The highest BCUT2D eigenvalue weighted by atomic mass is 15.0. The lowest BCUT2D eigenvalue weighted by atomic mass is 10.0. The van der Waals surface area contributed by atoms with Crippen molar-refractivity contribution in [2.24, 2.45) is 0 Å². The van der Waals surface area contributed by atoms with Crippen molar-refractivity contribution in [2.75, 3.05) is 0 Å². The molecule has 0 saturated heterocycles. The standard InChI is InChI=1S/C50H34N2/c1-5-22-47-43(18-1)44-19-2-6-23-48(44)51(47)41-30-28-37(29-31-41)38-14-9-12-35(32-38)26-27-36-13-10-15-39(33-36)40-16-11-17-42(34-40)52-49-24-7-3-20-45(49)46-21-4-8-25-50(46)52/h1-34H/b27-26+. The number of hydrogen-bond donors (Lipinski definition) is 0. The van der Waals surface area contributed by atoms with Crippen molar-refractivity contribution >= 4 is 55.8 Å². The fourth-order valence-electron chi connectivity index (χ4n) is 7.87. The van der Waals surface area contributed by atoms with Gasteiger partial charge in [0.05, 0.1) is 22.1 Å². The molecule has 0 aliphatic heterocycles. The molecule has 0 N–H and O–H groups in total. The van der Waals surface area contributed by atoms with Crippen molar-refractivity contribution in [1.29, 1.82) is 0 Å². The van der Waals surface area contributed by atoms with E-state index in [1.807, 2.05) is 0 Å². The Bertz CT molecular complexity index is 2850. The molecule has 0 aliphatic carbocycles. The van der Waals surface area contributed by atoms with Crippen LogP contribution in [0.2, 0.25) is 0 Å². The van der Waals surface area contributed by atoms with E-state index in [9.17, 15) is 0 Å². The number of rotatable bonds is 6. The largest absolute Gasteiger partial charge is 0.309 e. The van der Waals surface area contributed by atoms with Crippen LogP contribution < -0.4 is 0 Å². The molecule has 2 aromatic heterocycles. The third kappa shape index (κ3) is 5.12. The lowest BCUT2D eigenvalue weighted by Crippen LogP contribution is -1.94. The van der Waals surface area contributed by atoms with E-state index in [2.05, 4.69) is 215 Å². The van der Waals surface area contributed by atoms with Gasteiger partial charge in [-0.15, -0.1) is 0 Å². The third-order valence-corrected chi connectivity index (χ3v) is 10.3. The molecule has 2 nitrogen and oxygen atoms in total. The summed E-state index contributed by atoms with van der Waals surface area (Å²) in [6.07, 6.45) is 4.42. The molecule has 0 amide bonds. The highest BCUT2D eigenvalue weighted by Crippen LogP contribution is 2.35. The number of aromatic nitrogens is 2. The summed E-state index contributed by atoms with van der Waals surface area (Å²) in [5.74, 6) is 0. The summed E-state index contributed by atoms with van der Waals surface area (Å²) in [7, 11) is 0. The van der Waals surface area contributed by atoms with Gasteiger partial charge in [-0.1, -0.05) is 146 Å². The van der Waals surface area contributed by atoms with Gasteiger partial charge in [0.15, 0.2) is 0 Å². The molecule has 0 radical (unpaired) electrons. The predicted octanol–water partition coefficient (Wildman–Crippen LogP) is 13.4. The molecular formula is C50H34N2. The summed E-state index contributed by atoms with van der Waals surface area (Å²) in [5, 5.41) is 5.10. The second kappa shape index (κ2) is 12.5. The maximum atomic E-state index is 2.38. The number of hydrogen-bond acceptors (Lipinski definition) is 0. The van der Waals surface area contributed by atoms with Gasteiger partial charge in [-0.05, 0) is 94.0 Å². The number of para-hydroxylation sites is 4. The van der Waals surface area contributed by atoms with Crippen LogP contribution in [0.4, 0.5) is 0 Å². The molecule has 0 bridgehead atoms. The molecule has 2 heteroatoms. The third-order valence-electron chi connectivity index (χ3n) is 10.3. The van der Waals surface area contributed by atoms with E-state index in [4.69, 9.17) is 0 Å². The zero-order chi connectivity index (χ0) is 34.4. The molecule has 0 atom stereocenters. The summed E-state index contributed by atoms with van der Waals surface area (Å²) in [6.45, 7) is 0.